The number of nitrogens with one attached hydrogen (secondary N) is 2. The number of hydrogen-bond donors (Lipinski definition) is 2. The summed E-state index contributed by atoms with van der Waals surface area (Å²) in [5, 5.41) is 26.7. The summed E-state index contributed by atoms with van der Waals surface area (Å²) in [5.74, 6) is 0.457. The predicted molar refractivity (Wildman–Crippen MR) is 113 cm³/mol. The number of anilines is 1. The van der Waals surface area contributed by atoms with Gasteiger partial charge in [0.15, 0.2) is 11.5 Å². The van der Waals surface area contributed by atoms with Crippen LogP contribution >= 0.6 is 12.4 Å². The molecule has 2 fully saturated rings. The Morgan fingerprint density at radius 1 is 1.07 bits per heavy atom. The lowest BCUT2D eigenvalue weighted by molar-refractivity contribution is 0.102. The van der Waals surface area contributed by atoms with Gasteiger partial charge in [-0.3, -0.25) is 4.79 Å². The van der Waals surface area contributed by atoms with Gasteiger partial charge in [-0.2, -0.15) is 0 Å². The molecule has 158 valence electrons. The third-order valence-electron chi connectivity index (χ3n) is 5.56. The van der Waals surface area contributed by atoms with Crippen LogP contribution < -0.4 is 10.6 Å². The lowest BCUT2D eigenvalue weighted by Crippen LogP contribution is -2.30. The Hall–Kier alpha value is -2.85. The van der Waals surface area contributed by atoms with E-state index in [2.05, 4.69) is 36.5 Å². The fourth-order valence-corrected chi connectivity index (χ4v) is 3.82. The lowest BCUT2D eigenvalue weighted by Gasteiger charge is -2.23. The maximum absolute atomic E-state index is 12.8. The van der Waals surface area contributed by atoms with Crippen LogP contribution in [0.5, 0.6) is 0 Å². The standard InChI is InChI=1S/C19H23N9O.ClH/c1-12-17(22-25-27(12)16-7-9-20-10-8-16)19(29)21-14-4-2-3-13(11-14)18-23-24-26-28(18)15-5-6-15;/h2-4,11,15-16,20H,5-10H2,1H3,(H,21,29);1H. The molecule has 11 heteroatoms. The van der Waals surface area contributed by atoms with E-state index in [1.54, 1.807) is 0 Å². The summed E-state index contributed by atoms with van der Waals surface area (Å²) >= 11 is 0. The molecule has 30 heavy (non-hydrogen) atoms. The highest BCUT2D eigenvalue weighted by molar-refractivity contribution is 6.03. The molecule has 1 aliphatic carbocycles. The number of carbonyl (C=O) groups excluding carboxylic acids is 1. The van der Waals surface area contributed by atoms with Crippen LogP contribution in [0.25, 0.3) is 11.4 Å². The van der Waals surface area contributed by atoms with Crippen LogP contribution in [0.3, 0.4) is 0 Å². The third-order valence-corrected chi connectivity index (χ3v) is 5.56. The SMILES string of the molecule is Cc1c(C(=O)Nc2cccc(-c3nnnn3C3CC3)c2)nnn1C1CCNCC1.Cl. The molecular weight excluding hydrogens is 406 g/mol. The first-order chi connectivity index (χ1) is 14.2. The van der Waals surface area contributed by atoms with Crippen molar-refractivity contribution >= 4 is 24.0 Å². The first-order valence-corrected chi connectivity index (χ1v) is 10.0. The Kier molecular flexibility index (Phi) is 5.78. The zero-order valence-corrected chi connectivity index (χ0v) is 17.5. The molecule has 1 saturated heterocycles. The van der Waals surface area contributed by atoms with Crippen LogP contribution in [-0.2, 0) is 0 Å². The molecule has 2 N–H and O–H groups in total. The van der Waals surface area contributed by atoms with Crippen molar-refractivity contribution in [2.75, 3.05) is 18.4 Å². The topological polar surface area (TPSA) is 115 Å². The number of rotatable bonds is 5. The fourth-order valence-electron chi connectivity index (χ4n) is 3.82. The summed E-state index contributed by atoms with van der Waals surface area (Å²) in [5.41, 5.74) is 2.70. The molecule has 0 spiro atoms. The number of piperidine rings is 1. The molecule has 1 amide bonds. The van der Waals surface area contributed by atoms with Gasteiger partial charge < -0.3 is 10.6 Å². The highest BCUT2D eigenvalue weighted by atomic mass is 35.5. The molecule has 3 heterocycles. The summed E-state index contributed by atoms with van der Waals surface area (Å²) in [6.45, 7) is 3.81. The average molecular weight is 430 g/mol. The number of benzene rings is 1. The van der Waals surface area contributed by atoms with Gasteiger partial charge in [-0.15, -0.1) is 22.6 Å². The largest absolute Gasteiger partial charge is 0.321 e. The Bertz CT molecular complexity index is 1040. The molecule has 5 rings (SSSR count). The van der Waals surface area contributed by atoms with Gasteiger partial charge in [-0.05, 0) is 68.3 Å². The molecule has 0 unspecified atom stereocenters. The van der Waals surface area contributed by atoms with Crippen LogP contribution in [0.4, 0.5) is 5.69 Å². The highest BCUT2D eigenvalue weighted by Crippen LogP contribution is 2.36. The maximum atomic E-state index is 12.8. The summed E-state index contributed by atoms with van der Waals surface area (Å²) < 4.78 is 3.74. The summed E-state index contributed by atoms with van der Waals surface area (Å²) in [7, 11) is 0. The van der Waals surface area contributed by atoms with Crippen LogP contribution in [0, 0.1) is 6.92 Å². The van der Waals surface area contributed by atoms with E-state index in [4.69, 9.17) is 0 Å². The van der Waals surface area contributed by atoms with E-state index in [-0.39, 0.29) is 24.4 Å². The fraction of sp³-hybridized carbons (Fsp3) is 0.474. The van der Waals surface area contributed by atoms with Gasteiger partial charge in [-0.1, -0.05) is 17.3 Å². The van der Waals surface area contributed by atoms with E-state index in [0.29, 0.717) is 17.4 Å². The normalized spacial score (nSPS) is 16.8. The van der Waals surface area contributed by atoms with Crippen molar-refractivity contribution in [2.45, 2.75) is 44.7 Å². The summed E-state index contributed by atoms with van der Waals surface area (Å²) in [6.07, 6.45) is 4.17. The van der Waals surface area contributed by atoms with Gasteiger partial charge in [-0.25, -0.2) is 9.36 Å². The molecule has 2 aliphatic rings. The summed E-state index contributed by atoms with van der Waals surface area (Å²) in [6, 6.07) is 8.23. The highest BCUT2D eigenvalue weighted by Gasteiger charge is 2.28. The van der Waals surface area contributed by atoms with Crippen molar-refractivity contribution in [1.82, 2.24) is 40.5 Å². The molecule has 1 saturated carbocycles. The van der Waals surface area contributed by atoms with Gasteiger partial charge in [0.2, 0.25) is 0 Å². The van der Waals surface area contributed by atoms with Gasteiger partial charge in [0.1, 0.15) is 0 Å². The second-order valence-corrected chi connectivity index (χ2v) is 7.66. The second-order valence-electron chi connectivity index (χ2n) is 7.66. The van der Waals surface area contributed by atoms with E-state index in [1.165, 1.54) is 0 Å². The van der Waals surface area contributed by atoms with E-state index >= 15 is 0 Å². The minimum atomic E-state index is -0.262. The quantitative estimate of drug-likeness (QED) is 0.638. The van der Waals surface area contributed by atoms with Crippen molar-refractivity contribution in [3.05, 3.63) is 35.7 Å². The Balaban J connectivity index is 0.00000218. The molecule has 10 nitrogen and oxygen atoms in total. The number of halogens is 1. The van der Waals surface area contributed by atoms with Gasteiger partial charge in [0.25, 0.3) is 5.91 Å². The number of hydrogen-bond acceptors (Lipinski definition) is 7. The predicted octanol–water partition coefficient (Wildman–Crippen LogP) is 2.17. The van der Waals surface area contributed by atoms with E-state index < -0.39 is 0 Å². The zero-order valence-electron chi connectivity index (χ0n) is 16.7. The molecule has 1 aromatic carbocycles. The molecular formula is C19H24ClN9O. The zero-order chi connectivity index (χ0) is 19.8. The first-order valence-electron chi connectivity index (χ1n) is 10.0. The minimum Gasteiger partial charge on any atom is -0.321 e. The number of carbonyl (C=O) groups is 1. The monoisotopic (exact) mass is 429 g/mol. The van der Waals surface area contributed by atoms with Gasteiger partial charge in [0, 0.05) is 11.3 Å². The smallest absolute Gasteiger partial charge is 0.278 e. The molecule has 2 aromatic heterocycles. The first kappa shape index (κ1) is 20.4. The summed E-state index contributed by atoms with van der Waals surface area (Å²) in [4.78, 5) is 12.8. The average Bonchev–Trinajstić information content (AvgIpc) is 3.33. The van der Waals surface area contributed by atoms with E-state index in [1.807, 2.05) is 40.6 Å². The Morgan fingerprint density at radius 2 is 1.83 bits per heavy atom. The van der Waals surface area contributed by atoms with Crippen molar-refractivity contribution in [1.29, 1.82) is 0 Å². The molecule has 3 aromatic rings. The maximum Gasteiger partial charge on any atom is 0.278 e. The van der Waals surface area contributed by atoms with Crippen LogP contribution in [0.1, 0.15) is 53.9 Å². The lowest BCUT2D eigenvalue weighted by atomic mass is 10.1. The Labute approximate surface area is 179 Å². The van der Waals surface area contributed by atoms with Crippen molar-refractivity contribution in [3.63, 3.8) is 0 Å². The van der Waals surface area contributed by atoms with Crippen LogP contribution in [0.2, 0.25) is 0 Å². The third kappa shape index (κ3) is 3.92. The number of amides is 1. The van der Waals surface area contributed by atoms with Gasteiger partial charge >= 0.3 is 0 Å². The molecule has 0 atom stereocenters. The van der Waals surface area contributed by atoms with Crippen LogP contribution in [0.15, 0.2) is 24.3 Å². The molecule has 1 aliphatic heterocycles. The van der Waals surface area contributed by atoms with Crippen LogP contribution in [-0.4, -0.2) is 54.2 Å². The number of tetrazole rings is 1. The second kappa shape index (κ2) is 8.49. The van der Waals surface area contributed by atoms with E-state index in [9.17, 15) is 4.79 Å². The minimum absolute atomic E-state index is 0. The van der Waals surface area contributed by atoms with Crippen molar-refractivity contribution in [3.8, 4) is 11.4 Å². The molecule has 0 radical (unpaired) electrons. The van der Waals surface area contributed by atoms with Crippen molar-refractivity contribution < 1.29 is 4.79 Å². The number of nitrogens with zero attached hydrogens (tertiary/aromatic N) is 7. The molecule has 0 bridgehead atoms. The Morgan fingerprint density at radius 3 is 2.60 bits per heavy atom. The van der Waals surface area contributed by atoms with Crippen molar-refractivity contribution in [2.24, 2.45) is 0 Å². The number of aromatic nitrogens is 7. The van der Waals surface area contributed by atoms with Gasteiger partial charge in [0.05, 0.1) is 17.8 Å². The van der Waals surface area contributed by atoms with E-state index in [0.717, 1.165) is 55.9 Å².